The van der Waals surface area contributed by atoms with E-state index in [9.17, 15) is 19.8 Å². The van der Waals surface area contributed by atoms with Crippen LogP contribution in [0.15, 0.2) is 23.3 Å². The van der Waals surface area contributed by atoms with Crippen molar-refractivity contribution in [1.29, 1.82) is 0 Å². The number of Topliss-reactive ketones (excluding diaryl/α,β-unsaturated/α-hetero) is 1. The zero-order valence-corrected chi connectivity index (χ0v) is 13.7. The minimum Gasteiger partial charge on any atom is -0.457 e. The molecule has 1 aliphatic heterocycles. The lowest BCUT2D eigenvalue weighted by Gasteiger charge is -2.24. The maximum absolute atomic E-state index is 12.1. The van der Waals surface area contributed by atoms with Crippen molar-refractivity contribution in [2.75, 3.05) is 0 Å². The number of ether oxygens (including phenoxy) is 1. The second-order valence-electron chi connectivity index (χ2n) is 5.96. The molecule has 0 bridgehead atoms. The van der Waals surface area contributed by atoms with E-state index in [1.807, 2.05) is 19.9 Å². The number of carbonyl (C=O) groups excluding carboxylic acids is 2. The molecule has 2 N–H and O–H groups in total. The van der Waals surface area contributed by atoms with Crippen LogP contribution in [-0.4, -0.2) is 40.3 Å². The lowest BCUT2D eigenvalue weighted by molar-refractivity contribution is -0.155. The number of esters is 1. The molecule has 1 aliphatic rings. The van der Waals surface area contributed by atoms with Gasteiger partial charge in [0.05, 0.1) is 18.1 Å². The average molecular weight is 310 g/mol. The molecule has 1 heterocycles. The summed E-state index contributed by atoms with van der Waals surface area (Å²) in [6, 6.07) is 0. The Labute approximate surface area is 131 Å². The predicted molar refractivity (Wildman–Crippen MR) is 83.1 cm³/mol. The number of aliphatic hydroxyl groups excluding tert-OH is 2. The summed E-state index contributed by atoms with van der Waals surface area (Å²) in [6.45, 7) is 7.02. The first-order valence-corrected chi connectivity index (χ1v) is 7.64. The third-order valence-corrected chi connectivity index (χ3v) is 4.21. The summed E-state index contributed by atoms with van der Waals surface area (Å²) in [7, 11) is 0. The molecule has 0 aromatic heterocycles. The first kappa shape index (κ1) is 18.6. The third kappa shape index (κ3) is 5.07. The maximum Gasteiger partial charge on any atom is 0.311 e. The minimum atomic E-state index is -1.09. The third-order valence-electron chi connectivity index (χ3n) is 4.21. The summed E-state index contributed by atoms with van der Waals surface area (Å²) in [4.78, 5) is 24.0. The number of ketones is 1. The Morgan fingerprint density at radius 3 is 2.55 bits per heavy atom. The Hall–Kier alpha value is -1.46. The van der Waals surface area contributed by atoms with Gasteiger partial charge in [-0.25, -0.2) is 0 Å². The van der Waals surface area contributed by atoms with Gasteiger partial charge in [-0.1, -0.05) is 12.2 Å². The van der Waals surface area contributed by atoms with Crippen molar-refractivity contribution in [3.63, 3.8) is 0 Å². The van der Waals surface area contributed by atoms with Gasteiger partial charge >= 0.3 is 5.97 Å². The Bertz CT molecular complexity index is 477. The number of rotatable bonds is 1. The molecule has 0 fully saturated rings. The van der Waals surface area contributed by atoms with Crippen molar-refractivity contribution in [2.24, 2.45) is 5.92 Å². The van der Waals surface area contributed by atoms with Gasteiger partial charge in [0.1, 0.15) is 11.9 Å². The normalized spacial score (nSPS) is 35.0. The van der Waals surface area contributed by atoms with E-state index in [2.05, 4.69) is 0 Å². The number of hydrogen-bond acceptors (Lipinski definition) is 5. The highest BCUT2D eigenvalue weighted by molar-refractivity contribution is 5.81. The lowest BCUT2D eigenvalue weighted by atomic mass is 9.94. The summed E-state index contributed by atoms with van der Waals surface area (Å²) >= 11 is 0. The first-order valence-electron chi connectivity index (χ1n) is 7.64. The van der Waals surface area contributed by atoms with Gasteiger partial charge in [0.2, 0.25) is 0 Å². The number of hydrogen-bond donors (Lipinski definition) is 2. The molecule has 4 atom stereocenters. The van der Waals surface area contributed by atoms with Crippen LogP contribution in [0.4, 0.5) is 0 Å². The second kappa shape index (κ2) is 8.25. The van der Waals surface area contributed by atoms with Crippen molar-refractivity contribution >= 4 is 11.8 Å². The molecule has 4 unspecified atom stereocenters. The van der Waals surface area contributed by atoms with Gasteiger partial charge < -0.3 is 14.9 Å². The second-order valence-corrected chi connectivity index (χ2v) is 5.96. The van der Waals surface area contributed by atoms with Gasteiger partial charge in [0.25, 0.3) is 0 Å². The molecule has 0 saturated carbocycles. The molecule has 0 aromatic carbocycles. The molecule has 0 aromatic rings. The number of aliphatic hydroxyl groups is 2. The summed E-state index contributed by atoms with van der Waals surface area (Å²) in [5.74, 6) is -1.56. The van der Waals surface area contributed by atoms with Crippen LogP contribution in [0.1, 0.15) is 47.0 Å². The largest absolute Gasteiger partial charge is 0.457 e. The molecule has 124 valence electrons. The molecule has 0 spiro atoms. The van der Waals surface area contributed by atoms with Gasteiger partial charge in [0.15, 0.2) is 0 Å². The van der Waals surface area contributed by atoms with Gasteiger partial charge in [-0.15, -0.1) is 0 Å². The Balaban J connectivity index is 3.07. The van der Waals surface area contributed by atoms with Crippen LogP contribution in [0.3, 0.4) is 0 Å². The van der Waals surface area contributed by atoms with Gasteiger partial charge in [-0.2, -0.15) is 0 Å². The fourth-order valence-corrected chi connectivity index (χ4v) is 2.22. The molecule has 0 radical (unpaired) electrons. The van der Waals surface area contributed by atoms with Crippen molar-refractivity contribution in [3.8, 4) is 0 Å². The zero-order valence-electron chi connectivity index (χ0n) is 13.7. The van der Waals surface area contributed by atoms with E-state index in [0.29, 0.717) is 12.0 Å². The van der Waals surface area contributed by atoms with E-state index in [4.69, 9.17) is 4.74 Å². The van der Waals surface area contributed by atoms with E-state index in [0.717, 1.165) is 5.57 Å². The summed E-state index contributed by atoms with van der Waals surface area (Å²) in [5, 5.41) is 20.0. The van der Waals surface area contributed by atoms with E-state index in [1.165, 1.54) is 0 Å². The van der Waals surface area contributed by atoms with Gasteiger partial charge in [-0.3, -0.25) is 9.59 Å². The Kier molecular flexibility index (Phi) is 6.97. The van der Waals surface area contributed by atoms with Crippen LogP contribution in [0, 0.1) is 5.92 Å². The summed E-state index contributed by atoms with van der Waals surface area (Å²) in [6.07, 6.45) is 1.51. The zero-order chi connectivity index (χ0) is 16.9. The van der Waals surface area contributed by atoms with E-state index < -0.39 is 30.2 Å². The first-order chi connectivity index (χ1) is 10.3. The molecule has 5 heteroatoms. The van der Waals surface area contributed by atoms with Gasteiger partial charge in [0, 0.05) is 19.3 Å². The lowest BCUT2D eigenvalue weighted by Crippen LogP contribution is -2.33. The van der Waals surface area contributed by atoms with Crippen LogP contribution in [0.25, 0.3) is 0 Å². The van der Waals surface area contributed by atoms with Crippen LogP contribution < -0.4 is 0 Å². The summed E-state index contributed by atoms with van der Waals surface area (Å²) < 4.78 is 5.47. The summed E-state index contributed by atoms with van der Waals surface area (Å²) in [5.41, 5.74) is 1.57. The Morgan fingerprint density at radius 1 is 1.32 bits per heavy atom. The minimum absolute atomic E-state index is 0.0472. The van der Waals surface area contributed by atoms with Crippen LogP contribution in [-0.2, 0) is 14.3 Å². The highest BCUT2D eigenvalue weighted by atomic mass is 16.5. The number of cyclic esters (lactones) is 1. The van der Waals surface area contributed by atoms with Crippen molar-refractivity contribution in [1.82, 2.24) is 0 Å². The van der Waals surface area contributed by atoms with Gasteiger partial charge in [-0.05, 0) is 38.8 Å². The monoisotopic (exact) mass is 310 g/mol. The van der Waals surface area contributed by atoms with E-state index in [1.54, 1.807) is 19.9 Å². The van der Waals surface area contributed by atoms with E-state index in [-0.39, 0.29) is 18.6 Å². The highest BCUT2D eigenvalue weighted by Crippen LogP contribution is 2.20. The Morgan fingerprint density at radius 2 is 1.95 bits per heavy atom. The maximum atomic E-state index is 12.1. The van der Waals surface area contributed by atoms with Crippen molar-refractivity contribution in [3.05, 3.63) is 23.3 Å². The van der Waals surface area contributed by atoms with Crippen LogP contribution >= 0.6 is 0 Å². The van der Waals surface area contributed by atoms with Crippen LogP contribution in [0.5, 0.6) is 0 Å². The standard InChI is InChI=1S/C17H26O5/c1-5-10(2)16-7-6-11(3)14(19)8-13(18)9-15(20)12(4)17(21)22-16/h5-6,12,14-16,19-20H,7-9H2,1-4H3/b10-5-,11-6+. The van der Waals surface area contributed by atoms with Crippen LogP contribution in [0.2, 0.25) is 0 Å². The SMILES string of the molecule is C/C=C(/C)C1C/C=C(\C)C(O)CC(=O)CC(O)C(C)C(=O)O1. The topological polar surface area (TPSA) is 83.8 Å². The predicted octanol–water partition coefficient (Wildman–Crippen LogP) is 1.92. The fraction of sp³-hybridized carbons (Fsp3) is 0.647. The van der Waals surface area contributed by atoms with Crippen molar-refractivity contribution < 1.29 is 24.5 Å². The molecule has 5 nitrogen and oxygen atoms in total. The average Bonchev–Trinajstić information content (AvgIpc) is 2.47. The van der Waals surface area contributed by atoms with Crippen molar-refractivity contribution in [2.45, 2.75) is 65.3 Å². The quantitative estimate of drug-likeness (QED) is 0.571. The molecular weight excluding hydrogens is 284 g/mol. The molecule has 0 saturated heterocycles. The molecule has 0 amide bonds. The fourth-order valence-electron chi connectivity index (χ4n) is 2.22. The number of allylic oxidation sites excluding steroid dienone is 1. The molecular formula is C17H26O5. The molecule has 22 heavy (non-hydrogen) atoms. The number of carbonyl (C=O) groups is 2. The highest BCUT2D eigenvalue weighted by Gasteiger charge is 2.29. The smallest absolute Gasteiger partial charge is 0.311 e. The molecule has 0 aliphatic carbocycles. The molecule has 1 rings (SSSR count). The van der Waals surface area contributed by atoms with E-state index >= 15 is 0 Å².